The van der Waals surface area contributed by atoms with Crippen molar-refractivity contribution in [2.75, 3.05) is 13.2 Å². The number of benzene rings is 1. The lowest BCUT2D eigenvalue weighted by atomic mass is 9.89. The Hall–Kier alpha value is -3.63. The van der Waals surface area contributed by atoms with Crippen LogP contribution in [0.4, 0.5) is 4.39 Å². The smallest absolute Gasteiger partial charge is 0.134 e. The summed E-state index contributed by atoms with van der Waals surface area (Å²) in [5.41, 5.74) is 1.85. The molecule has 1 aliphatic rings. The molecule has 0 saturated carbocycles. The van der Waals surface area contributed by atoms with Crippen molar-refractivity contribution in [1.29, 1.82) is 0 Å². The maximum atomic E-state index is 15.9. The molecule has 0 radical (unpaired) electrons. The molecule has 9 nitrogen and oxygen atoms in total. The number of ether oxygens (including phenoxy) is 1. The minimum absolute atomic E-state index is 0.0601. The number of pyridine rings is 1. The third-order valence-electron chi connectivity index (χ3n) is 7.46. The van der Waals surface area contributed by atoms with Crippen LogP contribution in [0.15, 0.2) is 35.0 Å². The van der Waals surface area contributed by atoms with Gasteiger partial charge in [-0.25, -0.2) is 9.07 Å². The van der Waals surface area contributed by atoms with Gasteiger partial charge < -0.3 is 18.9 Å². The van der Waals surface area contributed by atoms with E-state index in [1.54, 1.807) is 26.1 Å². The molecule has 198 valence electrons. The molecule has 0 amide bonds. The summed E-state index contributed by atoms with van der Waals surface area (Å²) < 4.78 is 54.4. The van der Waals surface area contributed by atoms with Crippen LogP contribution in [0.5, 0.6) is 0 Å². The molecule has 0 bridgehead atoms. The largest absolute Gasteiger partial charge is 0.386 e. The summed E-state index contributed by atoms with van der Waals surface area (Å²) in [6, 6.07) is 6.46. The summed E-state index contributed by atoms with van der Waals surface area (Å²) in [7, 11) is 1.54. The van der Waals surface area contributed by atoms with Crippen LogP contribution < -0.4 is 0 Å². The zero-order valence-electron chi connectivity index (χ0n) is 24.7. The number of fused-ring (bicyclic) bond motifs is 3. The van der Waals surface area contributed by atoms with Crippen molar-refractivity contribution >= 4 is 21.9 Å². The zero-order chi connectivity index (χ0) is 29.3. The summed E-state index contributed by atoms with van der Waals surface area (Å²) in [5.74, 6) is 0.131. The Morgan fingerprint density at radius 1 is 1.18 bits per heavy atom. The Labute approximate surface area is 223 Å². The summed E-state index contributed by atoms with van der Waals surface area (Å²) >= 11 is 0. The summed E-state index contributed by atoms with van der Waals surface area (Å²) in [6.07, 6.45) is 3.12. The fourth-order valence-electron chi connectivity index (χ4n) is 5.54. The average Bonchev–Trinajstić information content (AvgIpc) is 3.59. The number of halogens is 1. The van der Waals surface area contributed by atoms with Crippen LogP contribution in [0.2, 0.25) is 0 Å². The first kappa shape index (κ1) is 21.3. The monoisotopic (exact) mass is 521 g/mol. The fraction of sp³-hybridized carbons (Fsp3) is 0.429. The molecule has 1 saturated heterocycles. The van der Waals surface area contributed by atoms with Gasteiger partial charge in [0.2, 0.25) is 0 Å². The molecule has 1 aromatic carbocycles. The topological polar surface area (TPSA) is 104 Å². The molecule has 38 heavy (non-hydrogen) atoms. The van der Waals surface area contributed by atoms with Crippen LogP contribution >= 0.6 is 0 Å². The molecular weight excluding hydrogens is 487 g/mol. The number of aryl methyl sites for hydroxylation is 3. The summed E-state index contributed by atoms with van der Waals surface area (Å²) in [6.45, 7) is 3.78. The number of rotatable bonds is 5. The number of nitrogens with zero attached hydrogens (tertiary/aromatic N) is 6. The lowest BCUT2D eigenvalue weighted by Gasteiger charge is -2.31. The maximum absolute atomic E-state index is 15.9. The second kappa shape index (κ2) is 8.99. The molecule has 5 aromatic rings. The number of aliphatic hydroxyl groups is 1. The molecule has 0 spiro atoms. The Morgan fingerprint density at radius 3 is 2.66 bits per heavy atom. The predicted octanol–water partition coefficient (Wildman–Crippen LogP) is 4.97. The molecule has 0 unspecified atom stereocenters. The minimum Gasteiger partial charge on any atom is -0.386 e. The van der Waals surface area contributed by atoms with Crippen molar-refractivity contribution in [2.45, 2.75) is 52.1 Å². The van der Waals surface area contributed by atoms with E-state index in [0.717, 1.165) is 12.8 Å². The van der Waals surface area contributed by atoms with E-state index >= 15 is 4.39 Å². The van der Waals surface area contributed by atoms with Crippen molar-refractivity contribution in [2.24, 2.45) is 13.0 Å². The van der Waals surface area contributed by atoms with Gasteiger partial charge in [-0.3, -0.25) is 4.98 Å². The molecular formula is C28H31FN6O3. The lowest BCUT2D eigenvalue weighted by Crippen LogP contribution is -2.27. The molecule has 0 aliphatic carbocycles. The van der Waals surface area contributed by atoms with Gasteiger partial charge in [-0.1, -0.05) is 10.4 Å². The quantitative estimate of drug-likeness (QED) is 0.348. The van der Waals surface area contributed by atoms with Gasteiger partial charge >= 0.3 is 0 Å². The number of hydrogen-bond acceptors (Lipinski definition) is 7. The van der Waals surface area contributed by atoms with Gasteiger partial charge in [-0.05, 0) is 64.6 Å². The standard InChI is InChI=1S/C28H31FN6O3/c1-15-10-22(32-38-15)27(17-6-8-37-9-7-17)35-23-13-19(26-16(2)31-33-34(26)5)21(29)12-20(23)25-24(35)11-18(14-30-25)28(3,4)36/h10-14,17,27,36H,6-9H2,1-5H3/t27-/m0/s1/i2D3. The first-order valence-electron chi connectivity index (χ1n) is 14.1. The van der Waals surface area contributed by atoms with Crippen LogP contribution in [0.3, 0.4) is 0 Å². The second-order valence-electron chi connectivity index (χ2n) is 10.5. The lowest BCUT2D eigenvalue weighted by molar-refractivity contribution is 0.0543. The number of aromatic nitrogens is 6. The Morgan fingerprint density at radius 2 is 1.97 bits per heavy atom. The van der Waals surface area contributed by atoms with E-state index in [2.05, 4.69) is 20.0 Å². The van der Waals surface area contributed by atoms with Gasteiger partial charge in [-0.15, -0.1) is 5.10 Å². The van der Waals surface area contributed by atoms with Gasteiger partial charge in [0.1, 0.15) is 17.3 Å². The van der Waals surface area contributed by atoms with Crippen LogP contribution in [0.1, 0.15) is 59.6 Å². The van der Waals surface area contributed by atoms with E-state index in [4.69, 9.17) is 18.4 Å². The van der Waals surface area contributed by atoms with E-state index < -0.39 is 18.3 Å². The first-order chi connectivity index (χ1) is 19.3. The van der Waals surface area contributed by atoms with E-state index in [0.29, 0.717) is 52.2 Å². The van der Waals surface area contributed by atoms with Gasteiger partial charge in [0.15, 0.2) is 0 Å². The third-order valence-corrected chi connectivity index (χ3v) is 7.46. The third kappa shape index (κ3) is 3.99. The van der Waals surface area contributed by atoms with Crippen LogP contribution in [-0.2, 0) is 17.4 Å². The van der Waals surface area contributed by atoms with E-state index in [1.807, 2.05) is 19.1 Å². The van der Waals surface area contributed by atoms with Crippen molar-refractivity contribution < 1.29 is 22.9 Å². The molecule has 1 fully saturated rings. The second-order valence-corrected chi connectivity index (χ2v) is 10.5. The normalized spacial score (nSPS) is 17.6. The van der Waals surface area contributed by atoms with Gasteiger partial charge in [0.05, 0.1) is 39.6 Å². The molecule has 10 heteroatoms. The van der Waals surface area contributed by atoms with Crippen molar-refractivity contribution in [1.82, 2.24) is 29.7 Å². The van der Waals surface area contributed by atoms with E-state index in [9.17, 15) is 5.11 Å². The highest BCUT2D eigenvalue weighted by Gasteiger charge is 2.33. The maximum Gasteiger partial charge on any atom is 0.134 e. The molecule has 5 heterocycles. The predicted molar refractivity (Wildman–Crippen MR) is 140 cm³/mol. The van der Waals surface area contributed by atoms with E-state index in [1.165, 1.54) is 17.8 Å². The zero-order valence-corrected chi connectivity index (χ0v) is 21.7. The molecule has 1 aliphatic heterocycles. The van der Waals surface area contributed by atoms with Crippen LogP contribution in [-0.4, -0.2) is 48.0 Å². The highest BCUT2D eigenvalue weighted by molar-refractivity contribution is 6.07. The molecule has 6 rings (SSSR count). The average molecular weight is 522 g/mol. The van der Waals surface area contributed by atoms with Crippen molar-refractivity contribution in [3.63, 3.8) is 0 Å². The van der Waals surface area contributed by atoms with Crippen molar-refractivity contribution in [3.05, 3.63) is 59.0 Å². The van der Waals surface area contributed by atoms with Crippen LogP contribution in [0.25, 0.3) is 33.2 Å². The van der Waals surface area contributed by atoms with Gasteiger partial charge in [0, 0.05) is 53.2 Å². The highest BCUT2D eigenvalue weighted by atomic mass is 19.1. The van der Waals surface area contributed by atoms with Crippen molar-refractivity contribution in [3.8, 4) is 11.3 Å². The first-order valence-corrected chi connectivity index (χ1v) is 12.6. The molecule has 1 N–H and O–H groups in total. The summed E-state index contributed by atoms with van der Waals surface area (Å²) in [5, 5.41) is 23.5. The summed E-state index contributed by atoms with van der Waals surface area (Å²) in [4.78, 5) is 4.69. The Bertz CT molecular complexity index is 1760. The SMILES string of the molecule is [2H]C([2H])([2H])c1nnn(C)c1-c1cc2c(cc1F)c1ncc(C(C)(C)O)cc1n2[C@H](c1cc(C)on1)C1CCOCC1. The molecule has 1 atom stereocenters. The Kier molecular flexibility index (Phi) is 5.04. The van der Waals surface area contributed by atoms with Gasteiger partial charge in [-0.2, -0.15) is 0 Å². The van der Waals surface area contributed by atoms with Gasteiger partial charge in [0.25, 0.3) is 0 Å². The fourth-order valence-corrected chi connectivity index (χ4v) is 5.54. The minimum atomic E-state index is -2.59. The molecule has 4 aromatic heterocycles. The Balaban J connectivity index is 1.72. The van der Waals surface area contributed by atoms with Crippen LogP contribution in [0, 0.1) is 25.5 Å². The van der Waals surface area contributed by atoms with E-state index in [-0.39, 0.29) is 28.9 Å². The highest BCUT2D eigenvalue weighted by Crippen LogP contribution is 2.42. The number of hydrogen-bond donors (Lipinski definition) is 1.